The molecule has 2 aromatic heterocycles. The van der Waals surface area contributed by atoms with Crippen molar-refractivity contribution in [2.75, 3.05) is 37.7 Å². The highest BCUT2D eigenvalue weighted by atomic mass is 32.1. The van der Waals surface area contributed by atoms with Crippen LogP contribution >= 0.6 is 11.3 Å². The van der Waals surface area contributed by atoms with Crippen LogP contribution in [0.2, 0.25) is 0 Å². The maximum absolute atomic E-state index is 5.80. The normalized spacial score (nSPS) is 19.7. The van der Waals surface area contributed by atoms with Crippen molar-refractivity contribution >= 4 is 17.4 Å². The summed E-state index contributed by atoms with van der Waals surface area (Å²) in [4.78, 5) is 5.98. The first kappa shape index (κ1) is 13.2. The van der Waals surface area contributed by atoms with Crippen molar-refractivity contribution in [2.45, 2.75) is 19.5 Å². The number of aromatic nitrogens is 2. The van der Waals surface area contributed by atoms with Gasteiger partial charge in [0, 0.05) is 31.1 Å². The summed E-state index contributed by atoms with van der Waals surface area (Å²) < 4.78 is 11.1. The standard InChI is InChI=1S/C14H18N4O2S/c1-3-17(9-11-2-8-21-12(1)11)10-13-15-16-14(20-13)18-4-6-19-7-5-18/h2,8H,1,3-7,9-10H2. The van der Waals surface area contributed by atoms with E-state index in [2.05, 4.69) is 31.4 Å². The van der Waals surface area contributed by atoms with E-state index in [0.717, 1.165) is 52.4 Å². The molecule has 0 atom stereocenters. The monoisotopic (exact) mass is 306 g/mol. The minimum absolute atomic E-state index is 0.626. The summed E-state index contributed by atoms with van der Waals surface area (Å²) in [6, 6.07) is 2.85. The SMILES string of the molecule is c1cc2c(s1)CCN(Cc1nnc(N3CCOCC3)o1)C2. The second-order valence-corrected chi connectivity index (χ2v) is 6.41. The third-order valence-electron chi connectivity index (χ3n) is 3.98. The van der Waals surface area contributed by atoms with Crippen LogP contribution in [0, 0.1) is 0 Å². The van der Waals surface area contributed by atoms with Gasteiger partial charge in [0.1, 0.15) is 0 Å². The Bertz CT molecular complexity index is 606. The van der Waals surface area contributed by atoms with E-state index in [1.807, 2.05) is 11.3 Å². The number of rotatable bonds is 3. The highest BCUT2D eigenvalue weighted by Crippen LogP contribution is 2.25. The molecule has 0 aliphatic carbocycles. The Morgan fingerprint density at radius 2 is 2.10 bits per heavy atom. The fourth-order valence-corrected chi connectivity index (χ4v) is 3.71. The van der Waals surface area contributed by atoms with Gasteiger partial charge in [0.15, 0.2) is 0 Å². The largest absolute Gasteiger partial charge is 0.407 e. The minimum Gasteiger partial charge on any atom is -0.407 e. The predicted molar refractivity (Wildman–Crippen MR) is 79.5 cm³/mol. The first-order valence-electron chi connectivity index (χ1n) is 7.31. The van der Waals surface area contributed by atoms with Crippen molar-refractivity contribution in [3.05, 3.63) is 27.8 Å². The zero-order chi connectivity index (χ0) is 14.1. The van der Waals surface area contributed by atoms with Crippen LogP contribution in [-0.2, 0) is 24.2 Å². The highest BCUT2D eigenvalue weighted by molar-refractivity contribution is 7.10. The molecule has 4 heterocycles. The fraction of sp³-hybridized carbons (Fsp3) is 0.571. The summed E-state index contributed by atoms with van der Waals surface area (Å²) in [6.07, 6.45) is 1.12. The molecule has 0 N–H and O–H groups in total. The molecule has 2 aromatic rings. The Kier molecular flexibility index (Phi) is 3.62. The first-order valence-corrected chi connectivity index (χ1v) is 8.19. The van der Waals surface area contributed by atoms with Crippen LogP contribution in [0.3, 0.4) is 0 Å². The molecule has 112 valence electrons. The molecule has 2 aliphatic heterocycles. The van der Waals surface area contributed by atoms with E-state index in [4.69, 9.17) is 9.15 Å². The summed E-state index contributed by atoms with van der Waals surface area (Å²) >= 11 is 1.86. The van der Waals surface area contributed by atoms with Gasteiger partial charge in [0.25, 0.3) is 0 Å². The Morgan fingerprint density at radius 3 is 3.00 bits per heavy atom. The molecule has 0 amide bonds. The number of fused-ring (bicyclic) bond motifs is 1. The molecule has 4 rings (SSSR count). The lowest BCUT2D eigenvalue weighted by Crippen LogP contribution is -2.36. The molecular formula is C14H18N4O2S. The van der Waals surface area contributed by atoms with Gasteiger partial charge >= 0.3 is 6.01 Å². The number of hydrogen-bond donors (Lipinski definition) is 0. The van der Waals surface area contributed by atoms with Gasteiger partial charge in [-0.05, 0) is 23.4 Å². The third-order valence-corrected chi connectivity index (χ3v) is 5.01. The maximum Gasteiger partial charge on any atom is 0.318 e. The van der Waals surface area contributed by atoms with Crippen LogP contribution in [0.5, 0.6) is 0 Å². The van der Waals surface area contributed by atoms with Crippen molar-refractivity contribution in [3.63, 3.8) is 0 Å². The van der Waals surface area contributed by atoms with E-state index < -0.39 is 0 Å². The molecule has 0 bridgehead atoms. The van der Waals surface area contributed by atoms with Crippen LogP contribution in [0.25, 0.3) is 0 Å². The van der Waals surface area contributed by atoms with E-state index in [0.29, 0.717) is 11.9 Å². The van der Waals surface area contributed by atoms with E-state index in [1.54, 1.807) is 0 Å². The molecule has 2 aliphatic rings. The number of hydrogen-bond acceptors (Lipinski definition) is 7. The summed E-state index contributed by atoms with van der Waals surface area (Å²) in [5.74, 6) is 0.704. The van der Waals surface area contributed by atoms with Crippen LogP contribution < -0.4 is 4.90 Å². The van der Waals surface area contributed by atoms with Crippen LogP contribution in [0.15, 0.2) is 15.9 Å². The van der Waals surface area contributed by atoms with E-state index in [1.165, 1.54) is 10.4 Å². The number of ether oxygens (including phenoxy) is 1. The van der Waals surface area contributed by atoms with Gasteiger partial charge in [0.2, 0.25) is 5.89 Å². The Hall–Kier alpha value is -1.44. The maximum atomic E-state index is 5.80. The predicted octanol–water partition coefficient (Wildman–Crippen LogP) is 1.53. The molecule has 7 heteroatoms. The summed E-state index contributed by atoms with van der Waals surface area (Å²) in [7, 11) is 0. The quantitative estimate of drug-likeness (QED) is 0.857. The van der Waals surface area contributed by atoms with Crippen molar-refractivity contribution in [3.8, 4) is 0 Å². The molecular weight excluding hydrogens is 288 g/mol. The number of morpholine rings is 1. The van der Waals surface area contributed by atoms with Gasteiger partial charge in [-0.15, -0.1) is 16.4 Å². The van der Waals surface area contributed by atoms with Gasteiger partial charge in [0.05, 0.1) is 19.8 Å². The van der Waals surface area contributed by atoms with Crippen LogP contribution in [0.1, 0.15) is 16.3 Å². The van der Waals surface area contributed by atoms with Crippen molar-refractivity contribution < 1.29 is 9.15 Å². The fourth-order valence-electron chi connectivity index (χ4n) is 2.82. The van der Waals surface area contributed by atoms with Crippen LogP contribution in [0.4, 0.5) is 6.01 Å². The average molecular weight is 306 g/mol. The lowest BCUT2D eigenvalue weighted by atomic mass is 10.1. The molecule has 0 radical (unpaired) electrons. The molecule has 0 aromatic carbocycles. The van der Waals surface area contributed by atoms with Crippen molar-refractivity contribution in [1.29, 1.82) is 0 Å². The van der Waals surface area contributed by atoms with Gasteiger partial charge in [-0.3, -0.25) is 4.90 Å². The summed E-state index contributed by atoms with van der Waals surface area (Å²) in [5, 5.41) is 10.5. The Morgan fingerprint density at radius 1 is 1.19 bits per heavy atom. The summed E-state index contributed by atoms with van der Waals surface area (Å²) in [5.41, 5.74) is 1.44. The van der Waals surface area contributed by atoms with E-state index >= 15 is 0 Å². The molecule has 6 nitrogen and oxygen atoms in total. The second kappa shape index (κ2) is 5.75. The van der Waals surface area contributed by atoms with Crippen molar-refractivity contribution in [2.24, 2.45) is 0 Å². The molecule has 1 fully saturated rings. The molecule has 0 unspecified atom stereocenters. The zero-order valence-corrected chi connectivity index (χ0v) is 12.6. The van der Waals surface area contributed by atoms with E-state index in [9.17, 15) is 0 Å². The van der Waals surface area contributed by atoms with Crippen LogP contribution in [-0.4, -0.2) is 47.9 Å². The topological polar surface area (TPSA) is 54.6 Å². The molecule has 1 saturated heterocycles. The highest BCUT2D eigenvalue weighted by Gasteiger charge is 2.21. The second-order valence-electron chi connectivity index (χ2n) is 5.41. The van der Waals surface area contributed by atoms with E-state index in [-0.39, 0.29) is 0 Å². The lowest BCUT2D eigenvalue weighted by molar-refractivity contribution is 0.120. The number of thiophene rings is 1. The van der Waals surface area contributed by atoms with Gasteiger partial charge in [-0.25, -0.2) is 0 Å². The first-order chi connectivity index (χ1) is 10.4. The Balaban J connectivity index is 1.40. The Labute approximate surface area is 127 Å². The number of anilines is 1. The smallest absolute Gasteiger partial charge is 0.318 e. The van der Waals surface area contributed by atoms with Crippen molar-refractivity contribution in [1.82, 2.24) is 15.1 Å². The number of nitrogens with zero attached hydrogens (tertiary/aromatic N) is 4. The van der Waals surface area contributed by atoms with Gasteiger partial charge < -0.3 is 14.1 Å². The zero-order valence-electron chi connectivity index (χ0n) is 11.8. The molecule has 0 saturated carbocycles. The summed E-state index contributed by atoms with van der Waals surface area (Å²) in [6.45, 7) is 5.87. The lowest BCUT2D eigenvalue weighted by Gasteiger charge is -2.25. The average Bonchev–Trinajstić information content (AvgIpc) is 3.17. The molecule has 0 spiro atoms. The molecule has 21 heavy (non-hydrogen) atoms. The van der Waals surface area contributed by atoms with Gasteiger partial charge in [-0.1, -0.05) is 5.10 Å². The van der Waals surface area contributed by atoms with Gasteiger partial charge in [-0.2, -0.15) is 0 Å². The minimum atomic E-state index is 0.626. The third kappa shape index (κ3) is 2.81.